The number of hydrogen-bond donors (Lipinski definition) is 2. The first kappa shape index (κ1) is 25.4. The van der Waals surface area contributed by atoms with Crippen LogP contribution in [0.1, 0.15) is 15.9 Å². The van der Waals surface area contributed by atoms with Gasteiger partial charge in [0.2, 0.25) is 0 Å². The maximum absolute atomic E-state index is 12.6. The maximum Gasteiger partial charge on any atom is 0.416 e. The standard InChI is InChI=1S/C25H23F3N2O5/c1-33-22-4-2-3-19(15-22)30-23(31)16-35-21-9-5-17(6-10-21)24(32)29-13-14-34-20-11-7-18(8-12-20)25(26,27)28/h2-12,15H,13-14,16H2,1H3,(H,29,32)(H,30,31). The Kier molecular flexibility index (Phi) is 8.55. The molecule has 0 saturated carbocycles. The third-order valence-electron chi connectivity index (χ3n) is 4.68. The van der Waals surface area contributed by atoms with Crippen LogP contribution in [0.3, 0.4) is 0 Å². The van der Waals surface area contributed by atoms with Crippen LogP contribution in [-0.2, 0) is 11.0 Å². The Morgan fingerprint density at radius 1 is 0.857 bits per heavy atom. The molecule has 7 nitrogen and oxygen atoms in total. The highest BCUT2D eigenvalue weighted by Gasteiger charge is 2.30. The normalized spacial score (nSPS) is 10.9. The Hall–Kier alpha value is -4.21. The third-order valence-corrected chi connectivity index (χ3v) is 4.68. The molecule has 0 radical (unpaired) electrons. The summed E-state index contributed by atoms with van der Waals surface area (Å²) in [6.45, 7) is 0.0211. The van der Waals surface area contributed by atoms with Crippen LogP contribution in [-0.4, -0.2) is 38.7 Å². The number of ether oxygens (including phenoxy) is 3. The van der Waals surface area contributed by atoms with Crippen molar-refractivity contribution >= 4 is 17.5 Å². The highest BCUT2D eigenvalue weighted by atomic mass is 19.4. The quantitative estimate of drug-likeness (QED) is 0.410. The zero-order valence-electron chi connectivity index (χ0n) is 18.7. The van der Waals surface area contributed by atoms with Crippen LogP contribution in [0.2, 0.25) is 0 Å². The van der Waals surface area contributed by atoms with Gasteiger partial charge in [-0.15, -0.1) is 0 Å². The first-order valence-corrected chi connectivity index (χ1v) is 10.5. The molecule has 3 aromatic rings. The number of halogens is 3. The van der Waals surface area contributed by atoms with Crippen LogP contribution in [0.15, 0.2) is 72.8 Å². The molecular weight excluding hydrogens is 465 g/mol. The molecule has 0 spiro atoms. The van der Waals surface area contributed by atoms with Gasteiger partial charge in [-0.3, -0.25) is 9.59 Å². The molecule has 0 aromatic heterocycles. The van der Waals surface area contributed by atoms with Crippen molar-refractivity contribution in [3.8, 4) is 17.2 Å². The van der Waals surface area contributed by atoms with E-state index in [1.165, 1.54) is 19.2 Å². The van der Waals surface area contributed by atoms with Gasteiger partial charge in [0, 0.05) is 17.3 Å². The van der Waals surface area contributed by atoms with Gasteiger partial charge in [-0.05, 0) is 60.7 Å². The average Bonchev–Trinajstić information content (AvgIpc) is 2.85. The van der Waals surface area contributed by atoms with E-state index in [0.29, 0.717) is 22.7 Å². The lowest BCUT2D eigenvalue weighted by Gasteiger charge is -2.10. The minimum atomic E-state index is -4.41. The lowest BCUT2D eigenvalue weighted by atomic mass is 10.2. The van der Waals surface area contributed by atoms with Crippen molar-refractivity contribution in [3.05, 3.63) is 83.9 Å². The first-order chi connectivity index (χ1) is 16.7. The average molecular weight is 488 g/mol. The summed E-state index contributed by atoms with van der Waals surface area (Å²) in [5, 5.41) is 5.35. The smallest absolute Gasteiger partial charge is 0.416 e. The predicted molar refractivity (Wildman–Crippen MR) is 123 cm³/mol. The van der Waals surface area contributed by atoms with E-state index in [1.54, 1.807) is 48.5 Å². The van der Waals surface area contributed by atoms with E-state index in [4.69, 9.17) is 14.2 Å². The van der Waals surface area contributed by atoms with E-state index in [1.807, 2.05) is 0 Å². The molecule has 2 N–H and O–H groups in total. The monoisotopic (exact) mass is 488 g/mol. The molecule has 0 unspecified atom stereocenters. The van der Waals surface area contributed by atoms with E-state index in [0.717, 1.165) is 12.1 Å². The second-order valence-electron chi connectivity index (χ2n) is 7.22. The number of alkyl halides is 3. The Morgan fingerprint density at radius 2 is 1.51 bits per heavy atom. The van der Waals surface area contributed by atoms with Crippen molar-refractivity contribution in [1.29, 1.82) is 0 Å². The highest BCUT2D eigenvalue weighted by Crippen LogP contribution is 2.30. The van der Waals surface area contributed by atoms with Crippen LogP contribution in [0.5, 0.6) is 17.2 Å². The molecule has 184 valence electrons. The molecule has 3 rings (SSSR count). The predicted octanol–water partition coefficient (Wildman–Crippen LogP) is 4.54. The number of rotatable bonds is 10. The molecule has 0 bridgehead atoms. The molecule has 2 amide bonds. The van der Waals surface area contributed by atoms with Crippen LogP contribution in [0.25, 0.3) is 0 Å². The second kappa shape index (κ2) is 11.8. The number of carbonyl (C=O) groups excluding carboxylic acids is 2. The van der Waals surface area contributed by atoms with E-state index >= 15 is 0 Å². The zero-order chi connectivity index (χ0) is 25.3. The van der Waals surface area contributed by atoms with E-state index < -0.39 is 11.7 Å². The SMILES string of the molecule is COc1cccc(NC(=O)COc2ccc(C(=O)NCCOc3ccc(C(F)(F)F)cc3)cc2)c1. The van der Waals surface area contributed by atoms with Gasteiger partial charge in [0.15, 0.2) is 6.61 Å². The second-order valence-corrected chi connectivity index (χ2v) is 7.22. The number of benzene rings is 3. The topological polar surface area (TPSA) is 85.9 Å². The fraction of sp³-hybridized carbons (Fsp3) is 0.200. The van der Waals surface area contributed by atoms with Crippen LogP contribution >= 0.6 is 0 Å². The first-order valence-electron chi connectivity index (χ1n) is 10.5. The molecule has 10 heteroatoms. The molecule has 0 aliphatic heterocycles. The van der Waals surface area contributed by atoms with Gasteiger partial charge in [0.25, 0.3) is 11.8 Å². The van der Waals surface area contributed by atoms with Crippen molar-refractivity contribution in [2.45, 2.75) is 6.18 Å². The van der Waals surface area contributed by atoms with Gasteiger partial charge in [-0.25, -0.2) is 0 Å². The van der Waals surface area contributed by atoms with Gasteiger partial charge < -0.3 is 24.8 Å². The number of nitrogens with one attached hydrogen (secondary N) is 2. The Balaban J connectivity index is 1.38. The van der Waals surface area contributed by atoms with E-state index in [2.05, 4.69) is 10.6 Å². The molecule has 0 atom stereocenters. The lowest BCUT2D eigenvalue weighted by molar-refractivity contribution is -0.137. The van der Waals surface area contributed by atoms with E-state index in [9.17, 15) is 22.8 Å². The van der Waals surface area contributed by atoms with Gasteiger partial charge in [0.05, 0.1) is 19.2 Å². The third kappa shape index (κ3) is 7.95. The fourth-order valence-corrected chi connectivity index (χ4v) is 2.92. The minimum absolute atomic E-state index is 0.0840. The summed E-state index contributed by atoms with van der Waals surface area (Å²) in [5.74, 6) is 0.581. The zero-order valence-corrected chi connectivity index (χ0v) is 18.7. The molecule has 0 saturated heterocycles. The molecule has 0 aliphatic rings. The molecule has 3 aromatic carbocycles. The minimum Gasteiger partial charge on any atom is -0.497 e. The van der Waals surface area contributed by atoms with Gasteiger partial charge >= 0.3 is 6.18 Å². The highest BCUT2D eigenvalue weighted by molar-refractivity contribution is 5.94. The Labute approximate surface area is 199 Å². The largest absolute Gasteiger partial charge is 0.497 e. The summed E-state index contributed by atoms with van der Waals surface area (Å²) in [6, 6.07) is 17.4. The molecule has 0 fully saturated rings. The van der Waals surface area contributed by atoms with Crippen LogP contribution < -0.4 is 24.8 Å². The Morgan fingerprint density at radius 3 is 2.17 bits per heavy atom. The summed E-state index contributed by atoms with van der Waals surface area (Å²) in [6.07, 6.45) is -4.41. The van der Waals surface area contributed by atoms with Crippen molar-refractivity contribution < 1.29 is 37.0 Å². The van der Waals surface area contributed by atoms with E-state index in [-0.39, 0.29) is 37.3 Å². The molecule has 0 aliphatic carbocycles. The van der Waals surface area contributed by atoms with Crippen molar-refractivity contribution in [1.82, 2.24) is 5.32 Å². The number of carbonyl (C=O) groups is 2. The van der Waals surface area contributed by atoms with Crippen LogP contribution in [0.4, 0.5) is 18.9 Å². The number of amides is 2. The summed E-state index contributed by atoms with van der Waals surface area (Å²) in [4.78, 5) is 24.3. The van der Waals surface area contributed by atoms with Crippen LogP contribution in [0, 0.1) is 0 Å². The number of methoxy groups -OCH3 is 1. The van der Waals surface area contributed by atoms with Crippen molar-refractivity contribution in [3.63, 3.8) is 0 Å². The summed E-state index contributed by atoms with van der Waals surface area (Å²) in [7, 11) is 1.53. The van der Waals surface area contributed by atoms with Crippen molar-refractivity contribution in [2.75, 3.05) is 32.2 Å². The fourth-order valence-electron chi connectivity index (χ4n) is 2.92. The molecule has 35 heavy (non-hydrogen) atoms. The Bertz CT molecular complexity index is 1130. The summed E-state index contributed by atoms with van der Waals surface area (Å²) in [5.41, 5.74) is 0.183. The lowest BCUT2D eigenvalue weighted by Crippen LogP contribution is -2.28. The summed E-state index contributed by atoms with van der Waals surface area (Å²) >= 11 is 0. The van der Waals surface area contributed by atoms with Gasteiger partial charge in [-0.1, -0.05) is 6.07 Å². The maximum atomic E-state index is 12.6. The van der Waals surface area contributed by atoms with Crippen molar-refractivity contribution in [2.24, 2.45) is 0 Å². The summed E-state index contributed by atoms with van der Waals surface area (Å²) < 4.78 is 53.6. The molecular formula is C25H23F3N2O5. The number of anilines is 1. The number of hydrogen-bond acceptors (Lipinski definition) is 5. The van der Waals surface area contributed by atoms with Gasteiger partial charge in [0.1, 0.15) is 23.9 Å². The van der Waals surface area contributed by atoms with Gasteiger partial charge in [-0.2, -0.15) is 13.2 Å². The molecule has 0 heterocycles.